The fourth-order valence-electron chi connectivity index (χ4n) is 1.77. The van der Waals surface area contributed by atoms with Gasteiger partial charge in [-0.15, -0.1) is 11.8 Å². The number of nitrogens with zero attached hydrogens (tertiary/aromatic N) is 1. The van der Waals surface area contributed by atoms with E-state index in [2.05, 4.69) is 27.4 Å². The second kappa shape index (κ2) is 5.82. The number of rotatable bonds is 2. The van der Waals surface area contributed by atoms with Crippen molar-refractivity contribution in [2.45, 2.75) is 50.8 Å². The predicted molar refractivity (Wildman–Crippen MR) is 77.5 cm³/mol. The number of esters is 1. The van der Waals surface area contributed by atoms with E-state index in [1.54, 1.807) is 24.0 Å². The van der Waals surface area contributed by atoms with Crippen LogP contribution >= 0.6 is 11.8 Å². The minimum atomic E-state index is -0.628. The van der Waals surface area contributed by atoms with Gasteiger partial charge in [-0.1, -0.05) is 27.4 Å². The van der Waals surface area contributed by atoms with Gasteiger partial charge in [0, 0.05) is 24.8 Å². The average Bonchev–Trinajstić information content (AvgIpc) is 2.20. The summed E-state index contributed by atoms with van der Waals surface area (Å²) in [7, 11) is 0. The minimum Gasteiger partial charge on any atom is -0.440 e. The second-order valence-electron chi connectivity index (χ2n) is 5.47. The number of ether oxygens (including phenoxy) is 1. The molecule has 106 valence electrons. The Labute approximate surface area is 118 Å². The van der Waals surface area contributed by atoms with E-state index < -0.39 is 12.2 Å². The number of thioether (sulfide) groups is 1. The number of carbonyl (C=O) groups is 2. The van der Waals surface area contributed by atoms with Crippen LogP contribution < -0.4 is 0 Å². The van der Waals surface area contributed by atoms with Crippen molar-refractivity contribution in [1.82, 2.24) is 4.90 Å². The molecule has 1 aliphatic heterocycles. The summed E-state index contributed by atoms with van der Waals surface area (Å²) in [5.41, 5.74) is 0.851. The van der Waals surface area contributed by atoms with Gasteiger partial charge >= 0.3 is 5.97 Å². The molecule has 1 amide bonds. The van der Waals surface area contributed by atoms with E-state index in [-0.39, 0.29) is 15.9 Å². The molecule has 1 aliphatic rings. The molecule has 1 rings (SSSR count). The van der Waals surface area contributed by atoms with Gasteiger partial charge in [0.15, 0.2) is 6.23 Å². The molecule has 0 unspecified atom stereocenters. The molecule has 0 aromatic carbocycles. The molecule has 0 aliphatic carbocycles. The summed E-state index contributed by atoms with van der Waals surface area (Å²) in [6.45, 7) is 13.0. The lowest BCUT2D eigenvalue weighted by Crippen LogP contribution is -2.48. The topological polar surface area (TPSA) is 46.6 Å². The van der Waals surface area contributed by atoms with Crippen molar-refractivity contribution in [2.75, 3.05) is 0 Å². The molecule has 0 saturated heterocycles. The lowest BCUT2D eigenvalue weighted by atomic mass is 10.1. The molecular formula is C14H21NO3S. The van der Waals surface area contributed by atoms with E-state index >= 15 is 0 Å². The molecular weight excluding hydrogens is 262 g/mol. The molecule has 0 fully saturated rings. The molecule has 19 heavy (non-hydrogen) atoms. The highest BCUT2D eigenvalue weighted by Gasteiger charge is 2.37. The highest BCUT2D eigenvalue weighted by Crippen LogP contribution is 2.38. The number of carbonyl (C=O) groups excluding carboxylic acids is 2. The molecule has 0 spiro atoms. The van der Waals surface area contributed by atoms with Crippen LogP contribution in [0.15, 0.2) is 24.4 Å². The van der Waals surface area contributed by atoms with Gasteiger partial charge in [-0.2, -0.15) is 0 Å². The van der Waals surface area contributed by atoms with Crippen molar-refractivity contribution >= 4 is 23.6 Å². The third-order valence-electron chi connectivity index (χ3n) is 2.48. The maximum Gasteiger partial charge on any atom is 0.304 e. The van der Waals surface area contributed by atoms with Crippen LogP contribution in [0.1, 0.15) is 34.6 Å². The molecule has 0 saturated carbocycles. The number of hydrogen-bond donors (Lipinski definition) is 0. The van der Waals surface area contributed by atoms with E-state index in [1.807, 2.05) is 0 Å². The van der Waals surface area contributed by atoms with E-state index in [9.17, 15) is 9.59 Å². The highest BCUT2D eigenvalue weighted by atomic mass is 32.2. The Bertz CT molecular complexity index is 423. The zero-order chi connectivity index (χ0) is 14.8. The number of allylic oxidation sites excluding steroid dienone is 1. The van der Waals surface area contributed by atoms with Crippen LogP contribution in [0.2, 0.25) is 0 Å². The molecule has 0 aromatic heterocycles. The first kappa shape index (κ1) is 15.8. The van der Waals surface area contributed by atoms with Crippen molar-refractivity contribution in [1.29, 1.82) is 0 Å². The molecule has 0 aromatic rings. The van der Waals surface area contributed by atoms with Crippen LogP contribution in [-0.2, 0) is 14.3 Å². The Morgan fingerprint density at radius 3 is 2.37 bits per heavy atom. The van der Waals surface area contributed by atoms with Crippen molar-refractivity contribution in [2.24, 2.45) is 0 Å². The highest BCUT2D eigenvalue weighted by molar-refractivity contribution is 8.01. The monoisotopic (exact) mass is 283 g/mol. The van der Waals surface area contributed by atoms with Crippen LogP contribution in [0.25, 0.3) is 0 Å². The van der Waals surface area contributed by atoms with Crippen molar-refractivity contribution in [3.8, 4) is 0 Å². The summed E-state index contributed by atoms with van der Waals surface area (Å²) in [6, 6.07) is 0. The van der Waals surface area contributed by atoms with Crippen molar-refractivity contribution in [3.63, 3.8) is 0 Å². The lowest BCUT2D eigenvalue weighted by Gasteiger charge is -2.39. The Morgan fingerprint density at radius 1 is 1.37 bits per heavy atom. The van der Waals surface area contributed by atoms with Crippen LogP contribution in [0.4, 0.5) is 0 Å². The third-order valence-corrected chi connectivity index (χ3v) is 3.98. The molecule has 0 radical (unpaired) electrons. The summed E-state index contributed by atoms with van der Waals surface area (Å²) in [5.74, 6) is -0.562. The first-order chi connectivity index (χ1) is 8.61. The zero-order valence-corrected chi connectivity index (χ0v) is 12.9. The molecule has 1 heterocycles. The van der Waals surface area contributed by atoms with E-state index in [4.69, 9.17) is 4.74 Å². The van der Waals surface area contributed by atoms with Gasteiger partial charge in [0.1, 0.15) is 0 Å². The van der Waals surface area contributed by atoms with Gasteiger partial charge in [-0.25, -0.2) is 0 Å². The van der Waals surface area contributed by atoms with Gasteiger partial charge in [-0.05, 0) is 11.6 Å². The van der Waals surface area contributed by atoms with E-state index in [0.717, 1.165) is 5.57 Å². The van der Waals surface area contributed by atoms with Gasteiger partial charge in [0.2, 0.25) is 5.91 Å². The first-order valence-electron chi connectivity index (χ1n) is 6.13. The fraction of sp³-hybridized carbons (Fsp3) is 0.571. The van der Waals surface area contributed by atoms with Crippen molar-refractivity contribution in [3.05, 3.63) is 24.4 Å². The Morgan fingerprint density at radius 2 is 1.95 bits per heavy atom. The molecule has 2 atom stereocenters. The standard InChI is InChI=1S/C14H21NO3S/c1-9-7-8-15(10(2)16)13(18-11(3)17)12(9)19-14(4,5)6/h7-8,12-13H,1H2,2-6H3/t12-,13-/m1/s1. The minimum absolute atomic E-state index is 0.0281. The summed E-state index contributed by atoms with van der Waals surface area (Å²) in [6.07, 6.45) is 2.79. The van der Waals surface area contributed by atoms with Crippen LogP contribution in [0, 0.1) is 0 Å². The smallest absolute Gasteiger partial charge is 0.304 e. The zero-order valence-electron chi connectivity index (χ0n) is 12.1. The second-order valence-corrected chi connectivity index (χ2v) is 7.44. The van der Waals surface area contributed by atoms with Gasteiger partial charge in [0.05, 0.1) is 5.25 Å². The predicted octanol–water partition coefficient (Wildman–Crippen LogP) is 2.71. The normalized spacial score (nSPS) is 23.4. The van der Waals surface area contributed by atoms with Gasteiger partial charge in [-0.3, -0.25) is 14.5 Å². The quantitative estimate of drug-likeness (QED) is 0.731. The SMILES string of the molecule is C=C1C=CN(C(C)=O)[C@H](OC(C)=O)[C@@H]1SC(C)(C)C. The summed E-state index contributed by atoms with van der Waals surface area (Å²) < 4.78 is 5.30. The Hall–Kier alpha value is -1.23. The van der Waals surface area contributed by atoms with Gasteiger partial charge in [0.25, 0.3) is 0 Å². The fourth-order valence-corrected chi connectivity index (χ4v) is 3.07. The number of hydrogen-bond acceptors (Lipinski definition) is 4. The molecule has 5 heteroatoms. The molecule has 0 bridgehead atoms. The molecule has 0 N–H and O–H groups in total. The Balaban J connectivity index is 3.07. The van der Waals surface area contributed by atoms with Crippen LogP contribution in [-0.4, -0.2) is 33.0 Å². The molecule has 4 nitrogen and oxygen atoms in total. The Kier molecular flexibility index (Phi) is 4.85. The van der Waals surface area contributed by atoms with E-state index in [0.29, 0.717) is 0 Å². The third kappa shape index (κ3) is 4.42. The largest absolute Gasteiger partial charge is 0.440 e. The lowest BCUT2D eigenvalue weighted by molar-refractivity contribution is -0.158. The first-order valence-corrected chi connectivity index (χ1v) is 7.01. The van der Waals surface area contributed by atoms with Crippen LogP contribution in [0.5, 0.6) is 0 Å². The van der Waals surface area contributed by atoms with Crippen LogP contribution in [0.3, 0.4) is 0 Å². The van der Waals surface area contributed by atoms with Crippen molar-refractivity contribution < 1.29 is 14.3 Å². The maximum atomic E-state index is 11.7. The van der Waals surface area contributed by atoms with E-state index in [1.165, 1.54) is 18.7 Å². The average molecular weight is 283 g/mol. The number of amides is 1. The van der Waals surface area contributed by atoms with Gasteiger partial charge < -0.3 is 4.74 Å². The maximum absolute atomic E-state index is 11.7. The summed E-state index contributed by atoms with van der Waals surface area (Å²) in [5, 5.41) is -0.155. The summed E-state index contributed by atoms with van der Waals surface area (Å²) >= 11 is 1.64. The summed E-state index contributed by atoms with van der Waals surface area (Å²) in [4.78, 5) is 24.4.